The van der Waals surface area contributed by atoms with Gasteiger partial charge in [0.25, 0.3) is 0 Å². The molecule has 0 spiro atoms. The summed E-state index contributed by atoms with van der Waals surface area (Å²) < 4.78 is 0. The first kappa shape index (κ1) is 15.1. The molecule has 0 aromatic rings. The minimum absolute atomic E-state index is 0.130. The lowest BCUT2D eigenvalue weighted by Crippen LogP contribution is -2.46. The molecule has 0 aromatic carbocycles. The predicted molar refractivity (Wildman–Crippen MR) is 76.0 cm³/mol. The zero-order valence-corrected chi connectivity index (χ0v) is 12.5. The summed E-state index contributed by atoms with van der Waals surface area (Å²) >= 11 is 0. The maximum atomic E-state index is 12.1. The van der Waals surface area contributed by atoms with Gasteiger partial charge in [0, 0.05) is 5.92 Å². The van der Waals surface area contributed by atoms with Crippen LogP contribution in [0.1, 0.15) is 60.3 Å². The molecule has 18 heavy (non-hydrogen) atoms. The van der Waals surface area contributed by atoms with Crippen LogP contribution in [0.4, 0.5) is 0 Å². The maximum absolute atomic E-state index is 12.1. The molecule has 1 aliphatic rings. The Balaban J connectivity index is 2.49. The number of rotatable bonds is 2. The third-order valence-corrected chi connectivity index (χ3v) is 4.12. The molecule has 0 bridgehead atoms. The van der Waals surface area contributed by atoms with Crippen molar-refractivity contribution < 1.29 is 4.79 Å². The van der Waals surface area contributed by atoms with Crippen molar-refractivity contribution in [3.05, 3.63) is 0 Å². The highest BCUT2D eigenvalue weighted by Crippen LogP contribution is 2.39. The molecule has 0 unspecified atom stereocenters. The Labute approximate surface area is 112 Å². The summed E-state index contributed by atoms with van der Waals surface area (Å²) in [4.78, 5) is 12.1. The molecule has 0 radical (unpaired) electrons. The fourth-order valence-corrected chi connectivity index (χ4v) is 2.67. The van der Waals surface area contributed by atoms with E-state index in [0.717, 1.165) is 31.6 Å². The molecule has 0 heterocycles. The fraction of sp³-hybridized carbons (Fsp3) is 0.812. The summed E-state index contributed by atoms with van der Waals surface area (Å²) in [7, 11) is 0. The monoisotopic (exact) mass is 249 g/mol. The van der Waals surface area contributed by atoms with E-state index in [0.29, 0.717) is 5.41 Å². The Bertz CT molecular complexity index is 335. The molecule has 0 aromatic heterocycles. The summed E-state index contributed by atoms with van der Waals surface area (Å²) in [5.41, 5.74) is -0.169. The van der Waals surface area contributed by atoms with Crippen LogP contribution < -0.4 is 5.32 Å². The van der Waals surface area contributed by atoms with Gasteiger partial charge in [-0.1, -0.05) is 26.7 Å². The van der Waals surface area contributed by atoms with Crippen LogP contribution in [0.5, 0.6) is 0 Å². The molecule has 1 aliphatic carbocycles. The van der Waals surface area contributed by atoms with Gasteiger partial charge in [-0.25, -0.2) is 0 Å². The van der Waals surface area contributed by atoms with E-state index in [9.17, 15) is 4.79 Å². The summed E-state index contributed by atoms with van der Waals surface area (Å²) in [6, 6.07) is 0. The number of terminal acetylenes is 1. The van der Waals surface area contributed by atoms with E-state index < -0.39 is 5.54 Å². The molecule has 0 aliphatic heterocycles. The van der Waals surface area contributed by atoms with Gasteiger partial charge >= 0.3 is 0 Å². The van der Waals surface area contributed by atoms with E-state index in [2.05, 4.69) is 32.0 Å². The number of amides is 1. The molecule has 2 heteroatoms. The number of carbonyl (C=O) groups excluding carboxylic acids is 1. The zero-order chi connectivity index (χ0) is 14.0. The van der Waals surface area contributed by atoms with E-state index in [4.69, 9.17) is 6.42 Å². The standard InChI is InChI=1S/C16H27NO/c1-7-16(5,6)17-14(18)12-8-10-13(11-9-12)15(2,3)4/h1,12-13H,8-11H2,2-6H3,(H,17,18). The molecule has 1 rings (SSSR count). The highest BCUT2D eigenvalue weighted by Gasteiger charge is 2.33. The number of nitrogens with one attached hydrogen (secondary N) is 1. The minimum atomic E-state index is -0.530. The van der Waals surface area contributed by atoms with Gasteiger partial charge < -0.3 is 5.32 Å². The molecule has 1 saturated carbocycles. The zero-order valence-electron chi connectivity index (χ0n) is 12.5. The first-order chi connectivity index (χ1) is 8.15. The highest BCUT2D eigenvalue weighted by atomic mass is 16.2. The van der Waals surface area contributed by atoms with Crippen LogP contribution in [0.15, 0.2) is 0 Å². The van der Waals surface area contributed by atoms with Gasteiger partial charge in [-0.15, -0.1) is 6.42 Å². The van der Waals surface area contributed by atoms with Crippen LogP contribution in [-0.4, -0.2) is 11.4 Å². The van der Waals surface area contributed by atoms with Gasteiger partial charge in [-0.2, -0.15) is 0 Å². The Kier molecular flexibility index (Phi) is 4.48. The van der Waals surface area contributed by atoms with E-state index in [1.165, 1.54) is 0 Å². The van der Waals surface area contributed by atoms with Crippen molar-refractivity contribution in [2.24, 2.45) is 17.3 Å². The molecule has 1 amide bonds. The highest BCUT2D eigenvalue weighted by molar-refractivity contribution is 5.79. The van der Waals surface area contributed by atoms with Crippen molar-refractivity contribution in [3.8, 4) is 12.3 Å². The van der Waals surface area contributed by atoms with E-state index in [1.54, 1.807) is 0 Å². The van der Waals surface area contributed by atoms with Crippen LogP contribution in [0, 0.1) is 29.6 Å². The molecular formula is C16H27NO. The van der Waals surface area contributed by atoms with Gasteiger partial charge in [0.1, 0.15) is 0 Å². The quantitative estimate of drug-likeness (QED) is 0.747. The lowest BCUT2D eigenvalue weighted by atomic mass is 9.69. The maximum Gasteiger partial charge on any atom is 0.224 e. The van der Waals surface area contributed by atoms with E-state index >= 15 is 0 Å². The van der Waals surface area contributed by atoms with Crippen LogP contribution in [0.2, 0.25) is 0 Å². The third-order valence-electron chi connectivity index (χ3n) is 4.12. The summed E-state index contributed by atoms with van der Waals surface area (Å²) in [5.74, 6) is 3.63. The second kappa shape index (κ2) is 5.34. The Hall–Kier alpha value is -0.970. The molecule has 102 valence electrons. The van der Waals surface area contributed by atoms with Crippen molar-refractivity contribution in [1.82, 2.24) is 5.32 Å². The van der Waals surface area contributed by atoms with Gasteiger partial charge in [-0.05, 0) is 50.9 Å². The molecule has 1 N–H and O–H groups in total. The molecule has 1 fully saturated rings. The average Bonchev–Trinajstić information content (AvgIpc) is 2.27. The third kappa shape index (κ3) is 4.05. The van der Waals surface area contributed by atoms with Crippen LogP contribution in [0.25, 0.3) is 0 Å². The van der Waals surface area contributed by atoms with E-state index in [1.807, 2.05) is 13.8 Å². The predicted octanol–water partition coefficient (Wildman–Crippen LogP) is 3.37. The van der Waals surface area contributed by atoms with Crippen molar-refractivity contribution >= 4 is 5.91 Å². The summed E-state index contributed by atoms with van der Waals surface area (Å²) in [5, 5.41) is 2.95. The Morgan fingerprint density at radius 2 is 1.61 bits per heavy atom. The van der Waals surface area contributed by atoms with Crippen molar-refractivity contribution in [2.45, 2.75) is 65.8 Å². The average molecular weight is 249 g/mol. The molecule has 0 atom stereocenters. The number of hydrogen-bond acceptors (Lipinski definition) is 1. The summed E-state index contributed by atoms with van der Waals surface area (Å²) in [6.45, 7) is 10.6. The fourth-order valence-electron chi connectivity index (χ4n) is 2.67. The lowest BCUT2D eigenvalue weighted by Gasteiger charge is -2.37. The Morgan fingerprint density at radius 3 is 2.00 bits per heavy atom. The van der Waals surface area contributed by atoms with Crippen molar-refractivity contribution in [1.29, 1.82) is 0 Å². The van der Waals surface area contributed by atoms with Gasteiger partial charge in [0.2, 0.25) is 5.91 Å². The molecule has 0 saturated heterocycles. The SMILES string of the molecule is C#CC(C)(C)NC(=O)C1CCC(C(C)(C)C)CC1. The van der Waals surface area contributed by atoms with Crippen molar-refractivity contribution in [2.75, 3.05) is 0 Å². The summed E-state index contributed by atoms with van der Waals surface area (Å²) in [6.07, 6.45) is 9.69. The van der Waals surface area contributed by atoms with Gasteiger partial charge in [0.15, 0.2) is 0 Å². The molecular weight excluding hydrogens is 222 g/mol. The first-order valence-electron chi connectivity index (χ1n) is 6.95. The second-order valence-corrected chi connectivity index (χ2v) is 7.17. The van der Waals surface area contributed by atoms with Gasteiger partial charge in [-0.3, -0.25) is 4.79 Å². The normalized spacial score (nSPS) is 25.3. The van der Waals surface area contributed by atoms with Crippen molar-refractivity contribution in [3.63, 3.8) is 0 Å². The first-order valence-corrected chi connectivity index (χ1v) is 6.95. The Morgan fingerprint density at radius 1 is 1.11 bits per heavy atom. The van der Waals surface area contributed by atoms with Crippen LogP contribution in [0.3, 0.4) is 0 Å². The largest absolute Gasteiger partial charge is 0.340 e. The minimum Gasteiger partial charge on any atom is -0.340 e. The molecule has 2 nitrogen and oxygen atoms in total. The van der Waals surface area contributed by atoms with Gasteiger partial charge in [0.05, 0.1) is 5.54 Å². The van der Waals surface area contributed by atoms with Crippen LogP contribution >= 0.6 is 0 Å². The second-order valence-electron chi connectivity index (χ2n) is 7.17. The number of hydrogen-bond donors (Lipinski definition) is 1. The van der Waals surface area contributed by atoms with Crippen LogP contribution in [-0.2, 0) is 4.79 Å². The lowest BCUT2D eigenvalue weighted by molar-refractivity contribution is -0.127. The van der Waals surface area contributed by atoms with E-state index in [-0.39, 0.29) is 11.8 Å². The topological polar surface area (TPSA) is 29.1 Å². The number of carbonyl (C=O) groups is 1. The smallest absolute Gasteiger partial charge is 0.224 e.